The Kier molecular flexibility index (Phi) is 4.99. The number of hydrogen-bond donors (Lipinski definition) is 2. The molecule has 2 aromatic heterocycles. The minimum atomic E-state index is -0.263. The summed E-state index contributed by atoms with van der Waals surface area (Å²) in [5, 5.41) is 6.07. The number of hydrogen-bond acceptors (Lipinski definition) is 5. The van der Waals surface area contributed by atoms with Crippen molar-refractivity contribution in [2.45, 2.75) is 20.4 Å². The molecule has 1 amide bonds. The molecule has 0 radical (unpaired) electrons. The van der Waals surface area contributed by atoms with Gasteiger partial charge in [-0.3, -0.25) is 9.78 Å². The van der Waals surface area contributed by atoms with Gasteiger partial charge >= 0.3 is 0 Å². The predicted molar refractivity (Wildman–Crippen MR) is 97.5 cm³/mol. The lowest BCUT2D eigenvalue weighted by Gasteiger charge is -2.10. The Hall–Kier alpha value is -3.28. The van der Waals surface area contributed by atoms with Crippen LogP contribution in [-0.4, -0.2) is 20.9 Å². The highest BCUT2D eigenvalue weighted by molar-refractivity contribution is 6.03. The summed E-state index contributed by atoms with van der Waals surface area (Å²) < 4.78 is 0. The van der Waals surface area contributed by atoms with Crippen molar-refractivity contribution in [2.24, 2.45) is 0 Å². The SMILES string of the molecule is Cc1cccc(NC(=O)c2cc(NCc3cccnc3)ncn2)c1C. The summed E-state index contributed by atoms with van der Waals surface area (Å²) in [7, 11) is 0. The number of pyridine rings is 1. The average molecular weight is 333 g/mol. The molecule has 25 heavy (non-hydrogen) atoms. The smallest absolute Gasteiger partial charge is 0.274 e. The fourth-order valence-electron chi connectivity index (χ4n) is 2.35. The summed E-state index contributed by atoms with van der Waals surface area (Å²) in [6, 6.07) is 11.3. The van der Waals surface area contributed by atoms with Crippen molar-refractivity contribution in [3.63, 3.8) is 0 Å². The minimum absolute atomic E-state index is 0.263. The van der Waals surface area contributed by atoms with Gasteiger partial charge in [-0.25, -0.2) is 9.97 Å². The Balaban J connectivity index is 1.70. The molecule has 126 valence electrons. The van der Waals surface area contributed by atoms with E-state index in [9.17, 15) is 4.79 Å². The van der Waals surface area contributed by atoms with Crippen molar-refractivity contribution in [1.29, 1.82) is 0 Å². The monoisotopic (exact) mass is 333 g/mol. The average Bonchev–Trinajstić information content (AvgIpc) is 2.65. The maximum Gasteiger partial charge on any atom is 0.274 e. The van der Waals surface area contributed by atoms with Crippen molar-refractivity contribution < 1.29 is 4.79 Å². The van der Waals surface area contributed by atoms with Crippen molar-refractivity contribution in [3.05, 3.63) is 77.5 Å². The van der Waals surface area contributed by atoms with Crippen LogP contribution in [-0.2, 0) is 6.54 Å². The Morgan fingerprint density at radius 2 is 2.00 bits per heavy atom. The number of nitrogens with zero attached hydrogens (tertiary/aromatic N) is 3. The summed E-state index contributed by atoms with van der Waals surface area (Å²) in [5.74, 6) is 0.325. The molecule has 0 aliphatic carbocycles. The Morgan fingerprint density at radius 3 is 2.80 bits per heavy atom. The van der Waals surface area contributed by atoms with E-state index in [4.69, 9.17) is 0 Å². The van der Waals surface area contributed by atoms with E-state index >= 15 is 0 Å². The van der Waals surface area contributed by atoms with Gasteiger partial charge in [-0.05, 0) is 42.7 Å². The molecule has 0 bridgehead atoms. The van der Waals surface area contributed by atoms with Gasteiger partial charge < -0.3 is 10.6 Å². The lowest BCUT2D eigenvalue weighted by Crippen LogP contribution is -2.15. The highest BCUT2D eigenvalue weighted by Gasteiger charge is 2.11. The highest BCUT2D eigenvalue weighted by Crippen LogP contribution is 2.19. The number of carbonyl (C=O) groups is 1. The normalized spacial score (nSPS) is 10.3. The van der Waals surface area contributed by atoms with E-state index < -0.39 is 0 Å². The molecule has 6 heteroatoms. The number of carbonyl (C=O) groups excluding carboxylic acids is 1. The molecule has 0 saturated carbocycles. The van der Waals surface area contributed by atoms with Gasteiger partial charge in [-0.2, -0.15) is 0 Å². The van der Waals surface area contributed by atoms with Crippen LogP contribution in [0, 0.1) is 13.8 Å². The summed E-state index contributed by atoms with van der Waals surface area (Å²) in [6.45, 7) is 4.56. The third-order valence-corrected chi connectivity index (χ3v) is 3.95. The van der Waals surface area contributed by atoms with Crippen LogP contribution in [0.25, 0.3) is 0 Å². The second-order valence-electron chi connectivity index (χ2n) is 5.70. The van der Waals surface area contributed by atoms with Crippen molar-refractivity contribution in [3.8, 4) is 0 Å². The summed E-state index contributed by atoms with van der Waals surface area (Å²) in [4.78, 5) is 24.8. The molecule has 3 rings (SSSR count). The first-order chi connectivity index (χ1) is 12.1. The lowest BCUT2D eigenvalue weighted by molar-refractivity contribution is 0.102. The fraction of sp³-hybridized carbons (Fsp3) is 0.158. The van der Waals surface area contributed by atoms with Gasteiger partial charge in [0, 0.05) is 30.7 Å². The molecule has 0 spiro atoms. The predicted octanol–water partition coefficient (Wildman–Crippen LogP) is 3.35. The largest absolute Gasteiger partial charge is 0.366 e. The van der Waals surface area contributed by atoms with Gasteiger partial charge in [0.05, 0.1) is 0 Å². The number of anilines is 2. The molecule has 3 aromatic rings. The van der Waals surface area contributed by atoms with Gasteiger partial charge in [0.2, 0.25) is 0 Å². The molecule has 0 aliphatic rings. The van der Waals surface area contributed by atoms with E-state index in [0.29, 0.717) is 18.1 Å². The third kappa shape index (κ3) is 4.17. The summed E-state index contributed by atoms with van der Waals surface area (Å²) in [5.41, 5.74) is 4.29. The molecule has 2 heterocycles. The lowest BCUT2D eigenvalue weighted by atomic mass is 10.1. The van der Waals surface area contributed by atoms with Crippen LogP contribution in [0.2, 0.25) is 0 Å². The summed E-state index contributed by atoms with van der Waals surface area (Å²) >= 11 is 0. The van der Waals surface area contributed by atoms with Crippen LogP contribution in [0.4, 0.5) is 11.5 Å². The van der Waals surface area contributed by atoms with Gasteiger partial charge in [-0.1, -0.05) is 18.2 Å². The van der Waals surface area contributed by atoms with Crippen molar-refractivity contribution in [2.75, 3.05) is 10.6 Å². The molecule has 1 aromatic carbocycles. The highest BCUT2D eigenvalue weighted by atomic mass is 16.1. The fourth-order valence-corrected chi connectivity index (χ4v) is 2.35. The molecule has 0 aliphatic heterocycles. The maximum atomic E-state index is 12.5. The van der Waals surface area contributed by atoms with E-state index in [1.165, 1.54) is 6.33 Å². The second kappa shape index (κ2) is 7.53. The van der Waals surface area contributed by atoms with E-state index in [-0.39, 0.29) is 5.91 Å². The van der Waals surface area contributed by atoms with Gasteiger partial charge in [0.15, 0.2) is 0 Å². The number of rotatable bonds is 5. The van der Waals surface area contributed by atoms with E-state index in [1.54, 1.807) is 18.5 Å². The van der Waals surface area contributed by atoms with Crippen LogP contribution in [0.5, 0.6) is 0 Å². The van der Waals surface area contributed by atoms with Crippen LogP contribution in [0.3, 0.4) is 0 Å². The topological polar surface area (TPSA) is 79.8 Å². The molecule has 0 atom stereocenters. The molecule has 6 nitrogen and oxygen atoms in total. The zero-order chi connectivity index (χ0) is 17.6. The standard InChI is InChI=1S/C19H19N5O/c1-13-5-3-7-16(14(13)2)24-19(25)17-9-18(23-12-22-17)21-11-15-6-4-8-20-10-15/h3-10,12H,11H2,1-2H3,(H,24,25)(H,21,22,23). The Morgan fingerprint density at radius 1 is 1.12 bits per heavy atom. The molecule has 0 fully saturated rings. The van der Waals surface area contributed by atoms with Crippen LogP contribution in [0.15, 0.2) is 55.1 Å². The minimum Gasteiger partial charge on any atom is -0.366 e. The maximum absolute atomic E-state index is 12.5. The first-order valence-electron chi connectivity index (χ1n) is 7.96. The van der Waals surface area contributed by atoms with Crippen LogP contribution >= 0.6 is 0 Å². The van der Waals surface area contributed by atoms with Crippen LogP contribution in [0.1, 0.15) is 27.2 Å². The van der Waals surface area contributed by atoms with Gasteiger partial charge in [0.1, 0.15) is 17.8 Å². The second-order valence-corrected chi connectivity index (χ2v) is 5.70. The first kappa shape index (κ1) is 16.6. The number of nitrogens with one attached hydrogen (secondary N) is 2. The molecule has 2 N–H and O–H groups in total. The number of aromatic nitrogens is 3. The van der Waals surface area contributed by atoms with Gasteiger partial charge in [0.25, 0.3) is 5.91 Å². The quantitative estimate of drug-likeness (QED) is 0.748. The molecule has 0 saturated heterocycles. The molecular formula is C19H19N5O. The first-order valence-corrected chi connectivity index (χ1v) is 7.96. The zero-order valence-electron chi connectivity index (χ0n) is 14.2. The van der Waals surface area contributed by atoms with Gasteiger partial charge in [-0.15, -0.1) is 0 Å². The number of benzene rings is 1. The Labute approximate surface area is 146 Å². The number of amides is 1. The zero-order valence-corrected chi connectivity index (χ0v) is 14.2. The molecule has 0 unspecified atom stereocenters. The van der Waals surface area contributed by atoms with Crippen LogP contribution < -0.4 is 10.6 Å². The Bertz CT molecular complexity index is 880. The molecular weight excluding hydrogens is 314 g/mol. The number of aryl methyl sites for hydroxylation is 1. The summed E-state index contributed by atoms with van der Waals surface area (Å²) in [6.07, 6.45) is 4.88. The third-order valence-electron chi connectivity index (χ3n) is 3.95. The van der Waals surface area contributed by atoms with E-state index in [0.717, 1.165) is 22.4 Å². The van der Waals surface area contributed by atoms with E-state index in [2.05, 4.69) is 25.6 Å². The van der Waals surface area contributed by atoms with Crippen molar-refractivity contribution >= 4 is 17.4 Å². The van der Waals surface area contributed by atoms with Crippen molar-refractivity contribution in [1.82, 2.24) is 15.0 Å². The van der Waals surface area contributed by atoms with E-state index in [1.807, 2.05) is 44.2 Å².